The zero-order valence-electron chi connectivity index (χ0n) is 16.0. The third-order valence-corrected chi connectivity index (χ3v) is 5.71. The van der Waals surface area contributed by atoms with Gasteiger partial charge >= 0.3 is 0 Å². The summed E-state index contributed by atoms with van der Waals surface area (Å²) in [5, 5.41) is 4.60. The van der Waals surface area contributed by atoms with Gasteiger partial charge in [-0.3, -0.25) is 4.99 Å². The molecule has 2 heterocycles. The van der Waals surface area contributed by atoms with Crippen molar-refractivity contribution in [1.82, 2.24) is 15.2 Å². The molecule has 0 unspecified atom stereocenters. The molecule has 1 aromatic heterocycles. The predicted octanol–water partition coefficient (Wildman–Crippen LogP) is 2.67. The Morgan fingerprint density at radius 1 is 1.19 bits per heavy atom. The first kappa shape index (κ1) is 18.5. The highest BCUT2D eigenvalue weighted by Crippen LogP contribution is 2.21. The number of ether oxygens (including phenoxy) is 1. The number of aliphatic imine (C=N–C) groups is 1. The molecule has 0 bridgehead atoms. The van der Waals surface area contributed by atoms with E-state index in [1.165, 1.54) is 10.6 Å². The van der Waals surface area contributed by atoms with Gasteiger partial charge < -0.3 is 19.9 Å². The van der Waals surface area contributed by atoms with Crippen LogP contribution in [0.25, 0.3) is 0 Å². The van der Waals surface area contributed by atoms with Gasteiger partial charge in [-0.2, -0.15) is 0 Å². The molecule has 1 aliphatic heterocycles. The molecule has 1 aliphatic rings. The van der Waals surface area contributed by atoms with E-state index in [0.717, 1.165) is 55.1 Å². The average Bonchev–Trinajstić information content (AvgIpc) is 3.00. The minimum atomic E-state index is 0.780. The fourth-order valence-electron chi connectivity index (χ4n) is 3.20. The number of nitrogens with one attached hydrogen (secondary N) is 1. The Balaban J connectivity index is 1.54. The van der Waals surface area contributed by atoms with Crippen LogP contribution in [0, 0.1) is 13.8 Å². The average molecular weight is 374 g/mol. The summed E-state index contributed by atoms with van der Waals surface area (Å²) in [6.07, 6.45) is 0. The number of hydrogen-bond donors (Lipinski definition) is 1. The molecule has 0 radical (unpaired) electrons. The van der Waals surface area contributed by atoms with Gasteiger partial charge in [-0.05, 0) is 38.1 Å². The molecule has 0 aliphatic carbocycles. The van der Waals surface area contributed by atoms with Gasteiger partial charge in [0, 0.05) is 43.8 Å². The molecule has 2 aromatic rings. The lowest BCUT2D eigenvalue weighted by atomic mass is 10.2. The maximum absolute atomic E-state index is 5.24. The van der Waals surface area contributed by atoms with Gasteiger partial charge in [0.15, 0.2) is 5.96 Å². The molecule has 3 rings (SSSR count). The van der Waals surface area contributed by atoms with Crippen molar-refractivity contribution in [3.05, 3.63) is 39.8 Å². The van der Waals surface area contributed by atoms with Crippen molar-refractivity contribution in [3.8, 4) is 5.75 Å². The molecule has 1 fully saturated rings. The van der Waals surface area contributed by atoms with E-state index in [2.05, 4.69) is 44.1 Å². The number of benzene rings is 1. The van der Waals surface area contributed by atoms with Crippen molar-refractivity contribution in [1.29, 1.82) is 0 Å². The first-order chi connectivity index (χ1) is 12.6. The summed E-state index contributed by atoms with van der Waals surface area (Å²) in [5.41, 5.74) is 2.35. The van der Waals surface area contributed by atoms with Crippen LogP contribution in [-0.4, -0.2) is 56.2 Å². The number of guanidine groups is 1. The summed E-state index contributed by atoms with van der Waals surface area (Å²) < 4.78 is 5.24. The van der Waals surface area contributed by atoms with Gasteiger partial charge in [0.1, 0.15) is 5.75 Å². The number of aromatic nitrogens is 1. The molecule has 7 heteroatoms. The zero-order valence-corrected chi connectivity index (χ0v) is 16.8. The van der Waals surface area contributed by atoms with E-state index >= 15 is 0 Å². The highest BCUT2D eigenvalue weighted by atomic mass is 32.1. The van der Waals surface area contributed by atoms with E-state index in [4.69, 9.17) is 4.74 Å². The summed E-state index contributed by atoms with van der Waals surface area (Å²) in [5.74, 6) is 1.86. The first-order valence-corrected chi connectivity index (χ1v) is 9.70. The van der Waals surface area contributed by atoms with Crippen molar-refractivity contribution in [2.24, 2.45) is 4.99 Å². The Morgan fingerprint density at radius 3 is 2.42 bits per heavy atom. The Kier molecular flexibility index (Phi) is 5.98. The van der Waals surface area contributed by atoms with Crippen LogP contribution in [0.15, 0.2) is 29.3 Å². The SMILES string of the molecule is CN=C(NCc1sc(C)nc1C)N1CCN(c2ccc(OC)cc2)CC1. The number of thiazole rings is 1. The standard InChI is InChI=1S/C19H27N5OS/c1-14-18(26-15(2)22-14)13-21-19(20-3)24-11-9-23(10-12-24)16-5-7-17(25-4)8-6-16/h5-8H,9-13H2,1-4H3,(H,20,21). The fraction of sp³-hybridized carbons (Fsp3) is 0.474. The Hall–Kier alpha value is -2.28. The number of aryl methyl sites for hydroxylation is 2. The van der Waals surface area contributed by atoms with Gasteiger partial charge in [0.25, 0.3) is 0 Å². The third kappa shape index (κ3) is 4.27. The minimum Gasteiger partial charge on any atom is -0.497 e. The summed E-state index contributed by atoms with van der Waals surface area (Å²) in [6, 6.07) is 8.27. The van der Waals surface area contributed by atoms with Crippen molar-refractivity contribution < 1.29 is 4.74 Å². The lowest BCUT2D eigenvalue weighted by Crippen LogP contribution is -2.52. The van der Waals surface area contributed by atoms with Crippen molar-refractivity contribution >= 4 is 23.0 Å². The number of anilines is 1. The van der Waals surface area contributed by atoms with Crippen LogP contribution in [0.2, 0.25) is 0 Å². The highest BCUT2D eigenvalue weighted by molar-refractivity contribution is 7.11. The number of piperazine rings is 1. The quantitative estimate of drug-likeness (QED) is 0.660. The van der Waals surface area contributed by atoms with E-state index < -0.39 is 0 Å². The van der Waals surface area contributed by atoms with Crippen molar-refractivity contribution in [3.63, 3.8) is 0 Å². The molecule has 140 valence electrons. The second-order valence-electron chi connectivity index (χ2n) is 6.31. The van der Waals surface area contributed by atoms with Crippen LogP contribution in [0.1, 0.15) is 15.6 Å². The predicted molar refractivity (Wildman–Crippen MR) is 109 cm³/mol. The zero-order chi connectivity index (χ0) is 18.5. The van der Waals surface area contributed by atoms with E-state index in [0.29, 0.717) is 0 Å². The number of rotatable bonds is 4. The Morgan fingerprint density at radius 2 is 1.88 bits per heavy atom. The lowest BCUT2D eigenvalue weighted by molar-refractivity contribution is 0.372. The van der Waals surface area contributed by atoms with Gasteiger partial charge in [-0.15, -0.1) is 11.3 Å². The molecule has 6 nitrogen and oxygen atoms in total. The van der Waals surface area contributed by atoms with E-state index in [1.54, 1.807) is 18.4 Å². The topological polar surface area (TPSA) is 53.0 Å². The number of methoxy groups -OCH3 is 1. The van der Waals surface area contributed by atoms with Gasteiger partial charge in [-0.25, -0.2) is 4.98 Å². The summed E-state index contributed by atoms with van der Waals surface area (Å²) in [4.78, 5) is 15.0. The third-order valence-electron chi connectivity index (χ3n) is 4.64. The molecular formula is C19H27N5OS. The Bertz CT molecular complexity index is 748. The van der Waals surface area contributed by atoms with Crippen LogP contribution in [0.3, 0.4) is 0 Å². The highest BCUT2D eigenvalue weighted by Gasteiger charge is 2.20. The molecule has 1 aromatic carbocycles. The molecule has 1 N–H and O–H groups in total. The molecule has 0 spiro atoms. The second-order valence-corrected chi connectivity index (χ2v) is 7.60. The fourth-order valence-corrected chi connectivity index (χ4v) is 4.08. The lowest BCUT2D eigenvalue weighted by Gasteiger charge is -2.37. The van der Waals surface area contributed by atoms with Crippen molar-refractivity contribution in [2.45, 2.75) is 20.4 Å². The molecule has 26 heavy (non-hydrogen) atoms. The second kappa shape index (κ2) is 8.40. The van der Waals surface area contributed by atoms with E-state index in [1.807, 2.05) is 26.1 Å². The van der Waals surface area contributed by atoms with Crippen LogP contribution >= 0.6 is 11.3 Å². The molecular weight excluding hydrogens is 346 g/mol. The van der Waals surface area contributed by atoms with Crippen LogP contribution in [0.4, 0.5) is 5.69 Å². The monoisotopic (exact) mass is 373 g/mol. The minimum absolute atomic E-state index is 0.780. The van der Waals surface area contributed by atoms with Gasteiger partial charge in [-0.1, -0.05) is 0 Å². The van der Waals surface area contributed by atoms with Crippen molar-refractivity contribution in [2.75, 3.05) is 45.2 Å². The smallest absolute Gasteiger partial charge is 0.194 e. The van der Waals surface area contributed by atoms with E-state index in [9.17, 15) is 0 Å². The van der Waals surface area contributed by atoms with Crippen LogP contribution in [-0.2, 0) is 6.54 Å². The first-order valence-electron chi connectivity index (χ1n) is 8.88. The molecule has 0 saturated carbocycles. The summed E-state index contributed by atoms with van der Waals surface area (Å²) in [7, 11) is 3.55. The number of nitrogens with zero attached hydrogens (tertiary/aromatic N) is 4. The largest absolute Gasteiger partial charge is 0.497 e. The summed E-state index contributed by atoms with van der Waals surface area (Å²) in [6.45, 7) is 8.75. The Labute approximate surface area is 159 Å². The summed E-state index contributed by atoms with van der Waals surface area (Å²) >= 11 is 1.75. The van der Waals surface area contributed by atoms with Gasteiger partial charge in [0.05, 0.1) is 24.4 Å². The number of hydrogen-bond acceptors (Lipinski definition) is 5. The normalized spacial score (nSPS) is 15.3. The molecule has 0 amide bonds. The maximum atomic E-state index is 5.24. The van der Waals surface area contributed by atoms with Crippen LogP contribution in [0.5, 0.6) is 5.75 Å². The molecule has 1 saturated heterocycles. The van der Waals surface area contributed by atoms with Gasteiger partial charge in [0.2, 0.25) is 0 Å². The molecule has 0 atom stereocenters. The van der Waals surface area contributed by atoms with E-state index in [-0.39, 0.29) is 0 Å². The maximum Gasteiger partial charge on any atom is 0.194 e. The van der Waals surface area contributed by atoms with Crippen LogP contribution < -0.4 is 15.0 Å².